The van der Waals surface area contributed by atoms with E-state index in [9.17, 15) is 9.59 Å². The van der Waals surface area contributed by atoms with E-state index in [1.165, 1.54) is 0 Å². The summed E-state index contributed by atoms with van der Waals surface area (Å²) in [6.45, 7) is 13.3. The quantitative estimate of drug-likeness (QED) is 0.568. The highest BCUT2D eigenvalue weighted by atomic mass is 16.6. The molecule has 0 bridgehead atoms. The molecule has 5 nitrogen and oxygen atoms in total. The summed E-state index contributed by atoms with van der Waals surface area (Å²) in [5, 5.41) is 0. The van der Waals surface area contributed by atoms with Crippen molar-refractivity contribution < 1.29 is 18.4 Å². The lowest BCUT2D eigenvalue weighted by atomic mass is 9.84. The van der Waals surface area contributed by atoms with Gasteiger partial charge in [0.2, 0.25) is 0 Å². The van der Waals surface area contributed by atoms with Gasteiger partial charge in [0, 0.05) is 0 Å². The Kier molecular flexibility index (Phi) is 5.58. The Morgan fingerprint density at radius 3 is 2.43 bits per heavy atom. The van der Waals surface area contributed by atoms with E-state index in [-0.39, 0.29) is 18.3 Å². The van der Waals surface area contributed by atoms with Gasteiger partial charge in [-0.15, -0.1) is 0 Å². The van der Waals surface area contributed by atoms with Crippen LogP contribution in [0.15, 0.2) is 25.8 Å². The largest absolute Gasteiger partial charge is 0.519 e. The van der Waals surface area contributed by atoms with Crippen molar-refractivity contribution >= 4 is 5.97 Å². The second-order valence-electron chi connectivity index (χ2n) is 6.21. The lowest BCUT2D eigenvalue weighted by molar-refractivity contribution is -0.156. The first-order valence-corrected chi connectivity index (χ1v) is 7.08. The van der Waals surface area contributed by atoms with Crippen LogP contribution in [0, 0.1) is 18.3 Å². The zero-order valence-corrected chi connectivity index (χ0v) is 13.4. The lowest BCUT2D eigenvalue weighted by Gasteiger charge is -2.23. The van der Waals surface area contributed by atoms with Crippen molar-refractivity contribution in [3.8, 4) is 0 Å². The van der Waals surface area contributed by atoms with Gasteiger partial charge in [-0.05, 0) is 39.5 Å². The molecular weight excluding hydrogens is 272 g/mol. The van der Waals surface area contributed by atoms with E-state index in [1.54, 1.807) is 6.92 Å². The highest BCUT2D eigenvalue weighted by molar-refractivity contribution is 5.75. The molecule has 1 rings (SSSR count). The van der Waals surface area contributed by atoms with Gasteiger partial charge in [0.25, 0.3) is 0 Å². The summed E-state index contributed by atoms with van der Waals surface area (Å²) in [6, 6.07) is 0. The number of ether oxygens (including phenoxy) is 1. The van der Waals surface area contributed by atoms with Crippen LogP contribution in [0.5, 0.6) is 0 Å². The first-order valence-electron chi connectivity index (χ1n) is 7.08. The van der Waals surface area contributed by atoms with E-state index in [1.807, 2.05) is 13.8 Å². The number of carbonyl (C=O) groups excluding carboxylic acids is 1. The Morgan fingerprint density at radius 2 is 1.95 bits per heavy atom. The summed E-state index contributed by atoms with van der Waals surface area (Å²) in [5.41, 5.74) is 0.503. The van der Waals surface area contributed by atoms with Gasteiger partial charge >= 0.3 is 11.8 Å². The molecule has 0 aliphatic rings. The van der Waals surface area contributed by atoms with Gasteiger partial charge in [0.05, 0.1) is 5.41 Å². The molecule has 0 N–H and O–H groups in total. The summed E-state index contributed by atoms with van der Waals surface area (Å²) in [6.07, 6.45) is 1.44. The zero-order valence-electron chi connectivity index (χ0n) is 13.4. The molecule has 0 spiro atoms. The lowest BCUT2D eigenvalue weighted by Crippen LogP contribution is -2.26. The van der Waals surface area contributed by atoms with Crippen LogP contribution in [0.2, 0.25) is 0 Å². The third-order valence-electron chi connectivity index (χ3n) is 3.61. The van der Waals surface area contributed by atoms with E-state index in [4.69, 9.17) is 13.6 Å². The minimum Gasteiger partial charge on any atom is -0.457 e. The molecule has 5 heteroatoms. The number of hydrogen-bond acceptors (Lipinski definition) is 5. The van der Waals surface area contributed by atoms with Crippen LogP contribution in [0.3, 0.4) is 0 Å². The summed E-state index contributed by atoms with van der Waals surface area (Å²) in [4.78, 5) is 23.0. The first-order chi connectivity index (χ1) is 9.63. The van der Waals surface area contributed by atoms with Gasteiger partial charge in [-0.25, -0.2) is 4.79 Å². The molecule has 1 heterocycles. The van der Waals surface area contributed by atoms with Crippen LogP contribution in [-0.2, 0) is 16.1 Å². The summed E-state index contributed by atoms with van der Waals surface area (Å²) in [5.74, 6) is -0.137. The van der Waals surface area contributed by atoms with Crippen molar-refractivity contribution in [3.05, 3.63) is 34.3 Å². The molecule has 0 saturated carbocycles. The molecule has 1 aromatic rings. The van der Waals surface area contributed by atoms with Crippen LogP contribution >= 0.6 is 0 Å². The molecule has 0 radical (unpaired) electrons. The Balaban J connectivity index is 2.55. The Hall–Kier alpha value is -1.78. The monoisotopic (exact) mass is 296 g/mol. The predicted octanol–water partition coefficient (Wildman–Crippen LogP) is 3.60. The van der Waals surface area contributed by atoms with Crippen molar-refractivity contribution in [1.82, 2.24) is 0 Å². The molecular formula is C16H24O5. The van der Waals surface area contributed by atoms with Gasteiger partial charge < -0.3 is 13.6 Å². The fourth-order valence-corrected chi connectivity index (χ4v) is 1.70. The highest BCUT2D eigenvalue weighted by Gasteiger charge is 2.30. The molecule has 0 fully saturated rings. The van der Waals surface area contributed by atoms with E-state index in [2.05, 4.69) is 20.4 Å². The Labute approximate surface area is 125 Å². The van der Waals surface area contributed by atoms with E-state index >= 15 is 0 Å². The molecule has 0 aromatic carbocycles. The number of carbonyl (C=O) groups is 1. The van der Waals surface area contributed by atoms with Crippen molar-refractivity contribution in [2.24, 2.45) is 11.3 Å². The standard InChI is InChI=1S/C16H24O5/c1-10(2)11(3)7-8-16(5,6)14(17)19-9-13-12(4)20-15(18)21-13/h10H,3,7-9H2,1-2,4-6H3. The summed E-state index contributed by atoms with van der Waals surface area (Å²) in [7, 11) is 0. The summed E-state index contributed by atoms with van der Waals surface area (Å²) < 4.78 is 14.7. The number of hydrogen-bond donors (Lipinski definition) is 0. The molecule has 118 valence electrons. The number of allylic oxidation sites excluding steroid dienone is 1. The summed E-state index contributed by atoms with van der Waals surface area (Å²) >= 11 is 0. The van der Waals surface area contributed by atoms with Crippen molar-refractivity contribution in [2.75, 3.05) is 0 Å². The molecule has 0 aliphatic heterocycles. The van der Waals surface area contributed by atoms with Crippen LogP contribution in [0.4, 0.5) is 0 Å². The second kappa shape index (κ2) is 6.78. The smallest absolute Gasteiger partial charge is 0.457 e. The molecule has 0 unspecified atom stereocenters. The zero-order chi connectivity index (χ0) is 16.2. The van der Waals surface area contributed by atoms with Crippen LogP contribution in [0.25, 0.3) is 0 Å². The number of esters is 1. The molecule has 0 amide bonds. The SMILES string of the molecule is C=C(CCC(C)(C)C(=O)OCc1oc(=O)oc1C)C(C)C. The first kappa shape index (κ1) is 17.3. The predicted molar refractivity (Wildman–Crippen MR) is 78.8 cm³/mol. The van der Waals surface area contributed by atoms with E-state index in [0.717, 1.165) is 12.0 Å². The number of rotatable bonds is 7. The molecule has 0 saturated heterocycles. The van der Waals surface area contributed by atoms with Gasteiger partial charge in [0.15, 0.2) is 18.1 Å². The fourth-order valence-electron chi connectivity index (χ4n) is 1.70. The van der Waals surface area contributed by atoms with Crippen LogP contribution in [-0.4, -0.2) is 5.97 Å². The maximum Gasteiger partial charge on any atom is 0.519 e. The van der Waals surface area contributed by atoms with Gasteiger partial charge in [-0.2, -0.15) is 0 Å². The van der Waals surface area contributed by atoms with E-state index in [0.29, 0.717) is 18.1 Å². The maximum absolute atomic E-state index is 12.1. The average Bonchev–Trinajstić information content (AvgIpc) is 2.71. The average molecular weight is 296 g/mol. The fraction of sp³-hybridized carbons (Fsp3) is 0.625. The Morgan fingerprint density at radius 1 is 1.33 bits per heavy atom. The third-order valence-corrected chi connectivity index (χ3v) is 3.61. The molecule has 1 aromatic heterocycles. The topological polar surface area (TPSA) is 69.7 Å². The van der Waals surface area contributed by atoms with Gasteiger partial charge in [0.1, 0.15) is 0 Å². The minimum absolute atomic E-state index is 0.0923. The minimum atomic E-state index is -0.786. The second-order valence-corrected chi connectivity index (χ2v) is 6.21. The van der Waals surface area contributed by atoms with Crippen molar-refractivity contribution in [1.29, 1.82) is 0 Å². The Bertz CT molecular complexity index is 559. The highest BCUT2D eigenvalue weighted by Crippen LogP contribution is 2.28. The number of aryl methyl sites for hydroxylation is 1. The third kappa shape index (κ3) is 4.92. The maximum atomic E-state index is 12.1. The van der Waals surface area contributed by atoms with Crippen LogP contribution < -0.4 is 5.82 Å². The molecule has 0 atom stereocenters. The van der Waals surface area contributed by atoms with Gasteiger partial charge in [-0.1, -0.05) is 26.0 Å². The normalized spacial score (nSPS) is 11.7. The molecule has 21 heavy (non-hydrogen) atoms. The van der Waals surface area contributed by atoms with E-state index < -0.39 is 11.2 Å². The van der Waals surface area contributed by atoms with Crippen LogP contribution in [0.1, 0.15) is 52.1 Å². The molecule has 0 aliphatic carbocycles. The van der Waals surface area contributed by atoms with Crippen molar-refractivity contribution in [2.45, 2.75) is 54.1 Å². The van der Waals surface area contributed by atoms with Gasteiger partial charge in [-0.3, -0.25) is 4.79 Å². The van der Waals surface area contributed by atoms with Crippen molar-refractivity contribution in [3.63, 3.8) is 0 Å².